The van der Waals surface area contributed by atoms with Crippen molar-refractivity contribution in [2.45, 2.75) is 115 Å². The van der Waals surface area contributed by atoms with Gasteiger partial charge in [-0.3, -0.25) is 14.6 Å². The molecule has 0 amide bonds. The van der Waals surface area contributed by atoms with Gasteiger partial charge in [0.15, 0.2) is 28.8 Å². The van der Waals surface area contributed by atoms with Crippen molar-refractivity contribution < 1.29 is 53.0 Å². The molecule has 4 aromatic carbocycles. The Morgan fingerprint density at radius 1 is 0.644 bits per heavy atom. The largest absolute Gasteiger partial charge is 0.493 e. The molecule has 5 heterocycles. The molecule has 73 heavy (non-hydrogen) atoms. The Balaban J connectivity index is 0.000000234. The van der Waals surface area contributed by atoms with E-state index in [4.69, 9.17) is 48.2 Å². The summed E-state index contributed by atoms with van der Waals surface area (Å²) in [6.07, 6.45) is 9.17. The monoisotopic (exact) mass is 1030 g/mol. The van der Waals surface area contributed by atoms with Crippen LogP contribution < -0.4 is 29.3 Å². The second-order valence-corrected chi connectivity index (χ2v) is 25.1. The lowest BCUT2D eigenvalue weighted by atomic mass is 9.77. The van der Waals surface area contributed by atoms with Gasteiger partial charge in [0.05, 0.1) is 54.9 Å². The van der Waals surface area contributed by atoms with Crippen LogP contribution in [0.3, 0.4) is 0 Å². The van der Waals surface area contributed by atoms with Crippen molar-refractivity contribution in [1.82, 2.24) is 9.80 Å². The van der Waals surface area contributed by atoms with E-state index in [1.54, 1.807) is 28.4 Å². The number of carbonyl (C=O) groups excluding carboxylic acids is 1. The van der Waals surface area contributed by atoms with Gasteiger partial charge in [0.25, 0.3) is 8.32 Å². The number of methoxy groups -OCH3 is 4. The van der Waals surface area contributed by atoms with Crippen molar-refractivity contribution in [1.29, 1.82) is 0 Å². The number of ketones is 1. The molecular weight excluding hydrogens is 941 g/mol. The Morgan fingerprint density at radius 3 is 1.63 bits per heavy atom. The highest BCUT2D eigenvalue weighted by Gasteiger charge is 2.53. The van der Waals surface area contributed by atoms with Gasteiger partial charge in [-0.15, -0.1) is 0 Å². The Bertz CT molecular complexity index is 2280. The maximum absolute atomic E-state index is 13.4. The lowest BCUT2D eigenvalue weighted by Gasteiger charge is -2.51. The lowest BCUT2D eigenvalue weighted by molar-refractivity contribution is -0.235. The van der Waals surface area contributed by atoms with Crippen LogP contribution in [0.1, 0.15) is 114 Å². The molecule has 9 rings (SSSR count). The topological polar surface area (TPSA) is 149 Å². The van der Waals surface area contributed by atoms with Crippen molar-refractivity contribution in [3.63, 3.8) is 0 Å². The third-order valence-electron chi connectivity index (χ3n) is 15.6. The molecule has 0 unspecified atom stereocenters. The van der Waals surface area contributed by atoms with Crippen LogP contribution in [0.5, 0.6) is 23.0 Å². The van der Waals surface area contributed by atoms with Gasteiger partial charge in [0.2, 0.25) is 0 Å². The lowest BCUT2D eigenvalue weighted by Crippen LogP contribution is -2.66. The molecule has 0 saturated carbocycles. The first-order chi connectivity index (χ1) is 34.9. The maximum atomic E-state index is 13.4. The molecule has 402 valence electrons. The summed E-state index contributed by atoms with van der Waals surface area (Å²) in [6.45, 7) is 12.8. The predicted octanol–water partition coefficient (Wildman–Crippen LogP) is 8.07. The summed E-state index contributed by atoms with van der Waals surface area (Å²) < 4.78 is 41.7. The first-order valence-corrected chi connectivity index (χ1v) is 28.2. The van der Waals surface area contributed by atoms with Gasteiger partial charge in [-0.2, -0.15) is 0 Å². The standard InChI is InChI=1S/C35H45NO4Si.C21H31NO5.C2H6O2.CH4/c1-35(2,3)41(28-15-8-6-9-16-28,29-17-10-7-11-18-29)40-21-13-12-14-27-25-36-20-19-26-22-33(38-4)34(39-5)23-30(26)31(36)24-32(27)37;1-24-19-11-15-6-7-22-14-16(5-3-4-8-23)21(26-9-10-27-21)13-18(22)17(15)12-20(19)25-2;3-1-2-4;/h6-11,15-18,22-23,27,31H,12-14,19-21,24-25H2,1-5H3;11-12,16,18,23H,3-10,13-14H2,1-2H3;3-4H,1-2H2;1H4/t27-,31-;16-,18-;;/m11../s1. The Labute approximate surface area is 437 Å². The number of ether oxygens (including phenoxy) is 6. The van der Waals surface area contributed by atoms with E-state index in [2.05, 4.69) is 116 Å². The van der Waals surface area contributed by atoms with E-state index in [0.29, 0.717) is 37.9 Å². The number of hydrogen-bond acceptors (Lipinski definition) is 13. The number of nitrogens with zero attached hydrogens (tertiary/aromatic N) is 2. The summed E-state index contributed by atoms with van der Waals surface area (Å²) in [4.78, 5) is 18.4. The molecule has 0 aliphatic carbocycles. The summed E-state index contributed by atoms with van der Waals surface area (Å²) >= 11 is 0. The van der Waals surface area contributed by atoms with E-state index >= 15 is 0 Å². The van der Waals surface area contributed by atoms with E-state index in [1.807, 2.05) is 0 Å². The number of Topliss-reactive ketones (excluding diaryl/α,β-unsaturated/α-hetero) is 1. The number of aliphatic hydroxyl groups excluding tert-OH is 3. The fourth-order valence-corrected chi connectivity index (χ4v) is 16.7. The van der Waals surface area contributed by atoms with Crippen molar-refractivity contribution in [2.75, 3.05) is 94.3 Å². The minimum atomic E-state index is -2.52. The van der Waals surface area contributed by atoms with E-state index in [0.717, 1.165) is 107 Å². The van der Waals surface area contributed by atoms with Crippen molar-refractivity contribution >= 4 is 24.5 Å². The minimum absolute atomic E-state index is 0. The molecule has 4 atom stereocenters. The molecule has 0 aromatic heterocycles. The smallest absolute Gasteiger partial charge is 0.261 e. The molecule has 4 aromatic rings. The van der Waals surface area contributed by atoms with E-state index < -0.39 is 14.1 Å². The second-order valence-electron chi connectivity index (χ2n) is 20.8. The van der Waals surface area contributed by atoms with Gasteiger partial charge in [0.1, 0.15) is 5.78 Å². The van der Waals surface area contributed by atoms with Gasteiger partial charge < -0.3 is 48.2 Å². The molecule has 3 saturated heterocycles. The zero-order valence-electron chi connectivity index (χ0n) is 44.0. The number of benzene rings is 4. The first kappa shape index (κ1) is 57.9. The van der Waals surface area contributed by atoms with Gasteiger partial charge in [-0.25, -0.2) is 0 Å². The summed E-state index contributed by atoms with van der Waals surface area (Å²) in [5.41, 5.74) is 5.14. The Morgan fingerprint density at radius 2 is 1.14 bits per heavy atom. The van der Waals surface area contributed by atoms with Gasteiger partial charge in [0, 0.05) is 76.2 Å². The number of hydrogen-bond donors (Lipinski definition) is 3. The third-order valence-corrected chi connectivity index (χ3v) is 20.6. The van der Waals surface area contributed by atoms with Crippen LogP contribution in [0.25, 0.3) is 0 Å². The summed E-state index contributed by atoms with van der Waals surface area (Å²) in [5.74, 6) is 3.44. The average Bonchev–Trinajstić information content (AvgIpc) is 3.88. The highest BCUT2D eigenvalue weighted by atomic mass is 28.4. The molecule has 13 nitrogen and oxygen atoms in total. The fraction of sp³-hybridized carbons (Fsp3) is 0.576. The van der Waals surface area contributed by atoms with Crippen LogP contribution in [0.4, 0.5) is 0 Å². The number of unbranched alkanes of at least 4 members (excludes halogenated alkanes) is 2. The van der Waals surface area contributed by atoms with Crippen LogP contribution in [0.2, 0.25) is 5.04 Å². The SMILES string of the molecule is C.COc1cc2c(cc1OC)[C@H]1CC(=O)[C@H](CCCCO[Si](c3ccccc3)(c3ccccc3)C(C)(C)C)CN1CC2.COc1cc2c(cc1OC)[C@H]1CC3(OCCO3)[C@H](CCCCO)CN1CC2.OCCO. The number of aliphatic hydroxyl groups is 3. The van der Waals surface area contributed by atoms with Gasteiger partial charge >= 0.3 is 0 Å². The van der Waals surface area contributed by atoms with Crippen LogP contribution in [0.15, 0.2) is 84.9 Å². The highest BCUT2D eigenvalue weighted by molar-refractivity contribution is 6.99. The molecule has 3 fully saturated rings. The molecule has 1 spiro atoms. The van der Waals surface area contributed by atoms with E-state index in [1.165, 1.54) is 32.6 Å². The molecule has 5 aliphatic heterocycles. The Kier molecular flexibility index (Phi) is 21.4. The Hall–Kier alpha value is -4.35. The third kappa shape index (κ3) is 13.0. The van der Waals surface area contributed by atoms with E-state index in [9.17, 15) is 4.79 Å². The molecule has 14 heteroatoms. The van der Waals surface area contributed by atoms with Crippen molar-refractivity contribution in [2.24, 2.45) is 11.8 Å². The second kappa shape index (κ2) is 26.9. The molecule has 0 bridgehead atoms. The summed E-state index contributed by atoms with van der Waals surface area (Å²) in [5, 5.41) is 27.0. The first-order valence-electron chi connectivity index (χ1n) is 26.3. The zero-order valence-corrected chi connectivity index (χ0v) is 45.0. The molecular formula is C59H86N2O11Si. The molecule has 3 N–H and O–H groups in total. The van der Waals surface area contributed by atoms with Crippen molar-refractivity contribution in [3.8, 4) is 23.0 Å². The summed E-state index contributed by atoms with van der Waals surface area (Å²) in [6, 6.07) is 30.5. The zero-order chi connectivity index (χ0) is 51.3. The quantitative estimate of drug-likeness (QED) is 0.0693. The number of fused-ring (bicyclic) bond motifs is 6. The number of rotatable bonds is 17. The van der Waals surface area contributed by atoms with E-state index in [-0.39, 0.29) is 50.3 Å². The van der Waals surface area contributed by atoms with Crippen LogP contribution in [-0.2, 0) is 31.5 Å². The van der Waals surface area contributed by atoms with Crippen LogP contribution in [-0.4, -0.2) is 139 Å². The molecule has 5 aliphatic rings. The maximum Gasteiger partial charge on any atom is 0.261 e. The number of piperidine rings is 2. The molecule has 0 radical (unpaired) electrons. The summed E-state index contributed by atoms with van der Waals surface area (Å²) in [7, 11) is 4.20. The van der Waals surface area contributed by atoms with Crippen molar-refractivity contribution in [3.05, 3.63) is 107 Å². The predicted molar refractivity (Wildman–Crippen MR) is 290 cm³/mol. The van der Waals surface area contributed by atoms with Crippen LogP contribution >= 0.6 is 0 Å². The minimum Gasteiger partial charge on any atom is -0.493 e. The van der Waals surface area contributed by atoms with Gasteiger partial charge in [-0.1, -0.05) is 102 Å². The van der Waals surface area contributed by atoms with Gasteiger partial charge in [-0.05, 0) is 100 Å². The number of carbonyl (C=O) groups is 1. The van der Waals surface area contributed by atoms with Crippen LogP contribution in [0, 0.1) is 11.8 Å². The fourth-order valence-electron chi connectivity index (χ4n) is 12.0. The normalized spacial score (nSPS) is 21.2. The average molecular weight is 1030 g/mol. The highest BCUT2D eigenvalue weighted by Crippen LogP contribution is 2.50.